The predicted octanol–water partition coefficient (Wildman–Crippen LogP) is 2.58. The Kier molecular flexibility index (Phi) is 7.05. The molecule has 1 aliphatic rings. The lowest BCUT2D eigenvalue weighted by Gasteiger charge is -2.37. The number of hydrogen-bond acceptors (Lipinski definition) is 2. The topological polar surface area (TPSA) is 29.5 Å². The lowest BCUT2D eigenvalue weighted by molar-refractivity contribution is -0.140. The molecule has 0 heterocycles. The molecule has 1 aliphatic carbocycles. The molecule has 0 bridgehead atoms. The highest BCUT2D eigenvalue weighted by molar-refractivity contribution is 9.09. The van der Waals surface area contributed by atoms with Crippen LogP contribution in [0.4, 0.5) is 0 Å². The summed E-state index contributed by atoms with van der Waals surface area (Å²) in [4.78, 5) is 14.0. The van der Waals surface area contributed by atoms with E-state index in [9.17, 15) is 4.79 Å². The molecule has 0 radical (unpaired) electrons. The summed E-state index contributed by atoms with van der Waals surface area (Å²) in [7, 11) is 0. The van der Waals surface area contributed by atoms with Crippen LogP contribution in [0.25, 0.3) is 0 Å². The van der Waals surface area contributed by atoms with E-state index in [1.807, 2.05) is 4.90 Å². The number of hydrogen-bond donors (Lipinski definition) is 0. The van der Waals surface area contributed by atoms with Crippen molar-refractivity contribution in [3.63, 3.8) is 0 Å². The smallest absolute Gasteiger partial charge is 0.248 e. The van der Waals surface area contributed by atoms with E-state index in [-0.39, 0.29) is 12.5 Å². The molecule has 4 heteroatoms. The number of rotatable bonds is 8. The highest BCUT2D eigenvalue weighted by atomic mass is 79.9. The summed E-state index contributed by atoms with van der Waals surface area (Å²) in [5, 5.41) is 0.958. The van der Waals surface area contributed by atoms with Crippen LogP contribution < -0.4 is 0 Å². The molecule has 3 nitrogen and oxygen atoms in total. The molecule has 0 aromatic heterocycles. The normalized spacial score (nSPS) is 15.9. The van der Waals surface area contributed by atoms with Gasteiger partial charge in [0.15, 0.2) is 0 Å². The second-order valence-corrected chi connectivity index (χ2v) is 5.06. The highest BCUT2D eigenvalue weighted by Gasteiger charge is 2.27. The van der Waals surface area contributed by atoms with E-state index < -0.39 is 0 Å². The summed E-state index contributed by atoms with van der Waals surface area (Å²) in [6, 6.07) is 0.483. The molecule has 0 atom stereocenters. The Balaban J connectivity index is 2.31. The van der Waals surface area contributed by atoms with Gasteiger partial charge in [-0.05, 0) is 32.1 Å². The Labute approximate surface area is 107 Å². The van der Waals surface area contributed by atoms with E-state index in [4.69, 9.17) is 4.74 Å². The van der Waals surface area contributed by atoms with Gasteiger partial charge < -0.3 is 9.64 Å². The molecule has 1 saturated carbocycles. The summed E-state index contributed by atoms with van der Waals surface area (Å²) >= 11 is 3.41. The predicted molar refractivity (Wildman–Crippen MR) is 68.9 cm³/mol. The van der Waals surface area contributed by atoms with Gasteiger partial charge in [-0.25, -0.2) is 0 Å². The lowest BCUT2D eigenvalue weighted by atomic mass is 9.91. The molecule has 1 amide bonds. The Morgan fingerprint density at radius 3 is 2.75 bits per heavy atom. The molecule has 94 valence electrons. The van der Waals surface area contributed by atoms with Crippen molar-refractivity contribution in [2.24, 2.45) is 0 Å². The van der Waals surface area contributed by atoms with Crippen molar-refractivity contribution in [3.05, 3.63) is 0 Å². The first-order valence-corrected chi connectivity index (χ1v) is 7.35. The van der Waals surface area contributed by atoms with Crippen LogP contribution in [-0.4, -0.2) is 41.9 Å². The van der Waals surface area contributed by atoms with Gasteiger partial charge in [-0.1, -0.05) is 22.9 Å². The van der Waals surface area contributed by atoms with Crippen LogP contribution in [0.15, 0.2) is 0 Å². The molecule has 1 fully saturated rings. The van der Waals surface area contributed by atoms with Crippen LogP contribution in [0.2, 0.25) is 0 Å². The molecule has 0 aromatic carbocycles. The minimum Gasteiger partial charge on any atom is -0.372 e. The fourth-order valence-corrected chi connectivity index (χ4v) is 2.08. The van der Waals surface area contributed by atoms with Gasteiger partial charge in [-0.3, -0.25) is 4.79 Å². The Hall–Kier alpha value is -0.0900. The molecule has 0 aliphatic heterocycles. The van der Waals surface area contributed by atoms with Gasteiger partial charge in [0.05, 0.1) is 0 Å². The van der Waals surface area contributed by atoms with E-state index in [0.717, 1.165) is 24.7 Å². The minimum absolute atomic E-state index is 0.166. The quantitative estimate of drug-likeness (QED) is 0.508. The first kappa shape index (κ1) is 14.0. The van der Waals surface area contributed by atoms with E-state index in [2.05, 4.69) is 22.9 Å². The van der Waals surface area contributed by atoms with Gasteiger partial charge >= 0.3 is 0 Å². The number of nitrogens with zero attached hydrogens (tertiary/aromatic N) is 1. The minimum atomic E-state index is 0.166. The first-order valence-electron chi connectivity index (χ1n) is 6.22. The summed E-state index contributed by atoms with van der Waals surface area (Å²) < 4.78 is 5.32. The fourth-order valence-electron chi connectivity index (χ4n) is 1.83. The molecule has 16 heavy (non-hydrogen) atoms. The van der Waals surface area contributed by atoms with Gasteiger partial charge in [-0.2, -0.15) is 0 Å². The average Bonchev–Trinajstić information content (AvgIpc) is 2.21. The second-order valence-electron chi connectivity index (χ2n) is 4.27. The van der Waals surface area contributed by atoms with Crippen LogP contribution >= 0.6 is 15.9 Å². The van der Waals surface area contributed by atoms with Gasteiger partial charge in [0, 0.05) is 24.5 Å². The van der Waals surface area contributed by atoms with Crippen LogP contribution in [0.5, 0.6) is 0 Å². The Morgan fingerprint density at radius 2 is 2.25 bits per heavy atom. The van der Waals surface area contributed by atoms with Crippen LogP contribution in [0, 0.1) is 0 Å². The summed E-state index contributed by atoms with van der Waals surface area (Å²) in [5.41, 5.74) is 0. The monoisotopic (exact) mass is 291 g/mol. The molecule has 0 aromatic rings. The lowest BCUT2D eigenvalue weighted by Crippen LogP contribution is -2.46. The number of alkyl halides is 1. The number of amides is 1. The Bertz CT molecular complexity index is 207. The van der Waals surface area contributed by atoms with Gasteiger partial charge in [0.2, 0.25) is 5.91 Å². The fraction of sp³-hybridized carbons (Fsp3) is 0.917. The van der Waals surface area contributed by atoms with Gasteiger partial charge in [-0.15, -0.1) is 0 Å². The third-order valence-electron chi connectivity index (χ3n) is 2.94. The molecule has 0 spiro atoms. The van der Waals surface area contributed by atoms with Crippen molar-refractivity contribution >= 4 is 21.8 Å². The van der Waals surface area contributed by atoms with Crippen LogP contribution in [0.1, 0.15) is 39.0 Å². The van der Waals surface area contributed by atoms with E-state index >= 15 is 0 Å². The standard InChI is InChI=1S/C12H22BrNO2/c1-2-9-16-10-12(15)14(8-4-7-13)11-5-3-6-11/h11H,2-10H2,1H3. The molecule has 0 unspecified atom stereocenters. The third kappa shape index (κ3) is 4.42. The van der Waals surface area contributed by atoms with Gasteiger partial charge in [0.1, 0.15) is 6.61 Å². The molecular formula is C12H22BrNO2. The molecule has 1 rings (SSSR count). The SMILES string of the molecule is CCCOCC(=O)N(CCCBr)C1CCC1. The van der Waals surface area contributed by atoms with Crippen molar-refractivity contribution in [1.29, 1.82) is 0 Å². The molecular weight excluding hydrogens is 270 g/mol. The zero-order chi connectivity index (χ0) is 11.8. The van der Waals surface area contributed by atoms with E-state index in [1.54, 1.807) is 0 Å². The largest absolute Gasteiger partial charge is 0.372 e. The van der Waals surface area contributed by atoms with Crippen molar-refractivity contribution < 1.29 is 9.53 Å². The number of carbonyl (C=O) groups is 1. The number of carbonyl (C=O) groups excluding carboxylic acids is 1. The molecule has 0 saturated heterocycles. The zero-order valence-electron chi connectivity index (χ0n) is 10.1. The highest BCUT2D eigenvalue weighted by Crippen LogP contribution is 2.25. The van der Waals surface area contributed by atoms with Gasteiger partial charge in [0.25, 0.3) is 0 Å². The van der Waals surface area contributed by atoms with E-state index in [0.29, 0.717) is 12.6 Å². The first-order chi connectivity index (χ1) is 7.79. The second kappa shape index (κ2) is 8.07. The van der Waals surface area contributed by atoms with Crippen LogP contribution in [-0.2, 0) is 9.53 Å². The van der Waals surface area contributed by atoms with Crippen molar-refractivity contribution in [3.8, 4) is 0 Å². The number of halogens is 1. The maximum absolute atomic E-state index is 11.9. The zero-order valence-corrected chi connectivity index (χ0v) is 11.7. The summed E-state index contributed by atoms with van der Waals surface area (Å²) in [5.74, 6) is 0.166. The Morgan fingerprint density at radius 1 is 1.50 bits per heavy atom. The van der Waals surface area contributed by atoms with Crippen LogP contribution in [0.3, 0.4) is 0 Å². The molecule has 0 N–H and O–H groups in total. The number of ether oxygens (including phenoxy) is 1. The van der Waals surface area contributed by atoms with Crippen molar-refractivity contribution in [2.75, 3.05) is 25.1 Å². The maximum atomic E-state index is 11.9. The average molecular weight is 292 g/mol. The summed E-state index contributed by atoms with van der Waals surface area (Å²) in [6.45, 7) is 3.86. The van der Waals surface area contributed by atoms with Crippen molar-refractivity contribution in [2.45, 2.75) is 45.1 Å². The van der Waals surface area contributed by atoms with Crippen molar-refractivity contribution in [1.82, 2.24) is 4.90 Å². The summed E-state index contributed by atoms with van der Waals surface area (Å²) in [6.07, 6.45) is 5.59. The van der Waals surface area contributed by atoms with E-state index in [1.165, 1.54) is 19.3 Å². The maximum Gasteiger partial charge on any atom is 0.248 e. The third-order valence-corrected chi connectivity index (χ3v) is 3.50.